The molecule has 1 unspecified atom stereocenters. The molecule has 2 aromatic rings. The van der Waals surface area contributed by atoms with Gasteiger partial charge in [0.15, 0.2) is 11.6 Å². The molecule has 0 saturated carbocycles. The number of benzene rings is 1. The molecule has 1 heterocycles. The van der Waals surface area contributed by atoms with Gasteiger partial charge in [0.1, 0.15) is 0 Å². The second-order valence-corrected chi connectivity index (χ2v) is 5.80. The molecular formula is C16H17BrF2N2. The first kappa shape index (κ1) is 16.0. The van der Waals surface area contributed by atoms with E-state index < -0.39 is 11.6 Å². The van der Waals surface area contributed by atoms with Gasteiger partial charge < -0.3 is 5.32 Å². The van der Waals surface area contributed by atoms with Gasteiger partial charge in [-0.15, -0.1) is 0 Å². The van der Waals surface area contributed by atoms with Crippen LogP contribution in [-0.2, 0) is 12.8 Å². The zero-order valence-electron chi connectivity index (χ0n) is 11.7. The molecule has 1 aromatic heterocycles. The minimum Gasteiger partial charge on any atom is -0.314 e. The minimum atomic E-state index is -0.799. The first-order chi connectivity index (χ1) is 10.1. The number of aromatic nitrogens is 1. The van der Waals surface area contributed by atoms with Gasteiger partial charge in [-0.05, 0) is 58.6 Å². The zero-order valence-corrected chi connectivity index (χ0v) is 13.3. The van der Waals surface area contributed by atoms with E-state index in [4.69, 9.17) is 0 Å². The molecule has 112 valence electrons. The lowest BCUT2D eigenvalue weighted by Gasteiger charge is -2.18. The van der Waals surface area contributed by atoms with Crippen molar-refractivity contribution in [3.05, 3.63) is 63.9 Å². The summed E-state index contributed by atoms with van der Waals surface area (Å²) in [5.41, 5.74) is 1.44. The van der Waals surface area contributed by atoms with Crippen LogP contribution in [0, 0.1) is 11.6 Å². The smallest absolute Gasteiger partial charge is 0.162 e. The van der Waals surface area contributed by atoms with E-state index in [1.54, 1.807) is 18.5 Å². The number of nitrogens with zero attached hydrogens (tertiary/aromatic N) is 1. The Labute approximate surface area is 131 Å². The van der Waals surface area contributed by atoms with E-state index in [0.717, 1.165) is 22.6 Å². The first-order valence-electron chi connectivity index (χ1n) is 6.86. The van der Waals surface area contributed by atoms with E-state index >= 15 is 0 Å². The summed E-state index contributed by atoms with van der Waals surface area (Å²) >= 11 is 3.39. The molecule has 0 aliphatic rings. The Kier molecular flexibility index (Phi) is 5.82. The second-order valence-electron chi connectivity index (χ2n) is 4.89. The molecule has 2 nitrogen and oxygen atoms in total. The van der Waals surface area contributed by atoms with Crippen molar-refractivity contribution in [2.45, 2.75) is 25.8 Å². The van der Waals surface area contributed by atoms with E-state index in [-0.39, 0.29) is 6.04 Å². The molecule has 1 N–H and O–H groups in total. The highest BCUT2D eigenvalue weighted by Crippen LogP contribution is 2.16. The van der Waals surface area contributed by atoms with Gasteiger partial charge in [0.25, 0.3) is 0 Å². The van der Waals surface area contributed by atoms with Crippen LogP contribution in [0.15, 0.2) is 41.1 Å². The van der Waals surface area contributed by atoms with Crippen LogP contribution in [-0.4, -0.2) is 17.6 Å². The molecule has 0 bridgehead atoms. The van der Waals surface area contributed by atoms with Crippen molar-refractivity contribution in [2.24, 2.45) is 0 Å². The van der Waals surface area contributed by atoms with Crippen LogP contribution in [0.1, 0.15) is 18.1 Å². The molecule has 0 saturated heterocycles. The number of likely N-dealkylation sites (N-methyl/N-ethyl adjacent to an activating group) is 1. The monoisotopic (exact) mass is 354 g/mol. The van der Waals surface area contributed by atoms with E-state index in [1.165, 1.54) is 6.07 Å². The Morgan fingerprint density at radius 3 is 2.76 bits per heavy atom. The lowest BCUT2D eigenvalue weighted by atomic mass is 9.99. The molecule has 0 amide bonds. The van der Waals surface area contributed by atoms with Gasteiger partial charge >= 0.3 is 0 Å². The Bertz CT molecular complexity index is 605. The predicted molar refractivity (Wildman–Crippen MR) is 83.2 cm³/mol. The Balaban J connectivity index is 2.13. The van der Waals surface area contributed by atoms with Crippen LogP contribution >= 0.6 is 15.9 Å². The summed E-state index contributed by atoms with van der Waals surface area (Å²) in [4.78, 5) is 4.13. The number of hydrogen-bond donors (Lipinski definition) is 1. The molecular weight excluding hydrogens is 338 g/mol. The lowest BCUT2D eigenvalue weighted by molar-refractivity contribution is 0.473. The molecule has 0 radical (unpaired) electrons. The first-order valence-corrected chi connectivity index (χ1v) is 7.65. The normalized spacial score (nSPS) is 12.4. The average molecular weight is 355 g/mol. The largest absolute Gasteiger partial charge is 0.314 e. The summed E-state index contributed by atoms with van der Waals surface area (Å²) in [6, 6.07) is 6.32. The molecule has 0 aliphatic heterocycles. The summed E-state index contributed by atoms with van der Waals surface area (Å²) in [5, 5.41) is 3.31. The lowest BCUT2D eigenvalue weighted by Crippen LogP contribution is -2.33. The van der Waals surface area contributed by atoms with Gasteiger partial charge in [0.2, 0.25) is 0 Å². The third kappa shape index (κ3) is 4.58. The summed E-state index contributed by atoms with van der Waals surface area (Å²) in [6.07, 6.45) is 4.65. The molecule has 1 aromatic carbocycles. The predicted octanol–water partition coefficient (Wildman–Crippen LogP) is 3.89. The van der Waals surface area contributed by atoms with Crippen LogP contribution in [0.25, 0.3) is 0 Å². The fourth-order valence-electron chi connectivity index (χ4n) is 2.33. The van der Waals surface area contributed by atoms with Crippen molar-refractivity contribution in [1.82, 2.24) is 10.3 Å². The molecule has 0 spiro atoms. The summed E-state index contributed by atoms with van der Waals surface area (Å²) in [5.74, 6) is -1.56. The zero-order chi connectivity index (χ0) is 15.2. The van der Waals surface area contributed by atoms with Crippen LogP contribution in [0.3, 0.4) is 0 Å². The maximum atomic E-state index is 13.8. The van der Waals surface area contributed by atoms with Gasteiger partial charge in [-0.1, -0.05) is 19.1 Å². The molecule has 2 rings (SSSR count). The molecule has 0 aliphatic carbocycles. The topological polar surface area (TPSA) is 24.9 Å². The van der Waals surface area contributed by atoms with Gasteiger partial charge in [-0.3, -0.25) is 4.98 Å². The molecule has 21 heavy (non-hydrogen) atoms. The van der Waals surface area contributed by atoms with Crippen molar-refractivity contribution >= 4 is 15.9 Å². The molecule has 5 heteroatoms. The van der Waals surface area contributed by atoms with Crippen molar-refractivity contribution < 1.29 is 8.78 Å². The van der Waals surface area contributed by atoms with Gasteiger partial charge in [-0.25, -0.2) is 8.78 Å². The Morgan fingerprint density at radius 2 is 2.05 bits per heavy atom. The van der Waals surface area contributed by atoms with E-state index in [9.17, 15) is 8.78 Å². The number of rotatable bonds is 6. The van der Waals surface area contributed by atoms with Gasteiger partial charge in [-0.2, -0.15) is 0 Å². The van der Waals surface area contributed by atoms with Crippen LogP contribution in [0.5, 0.6) is 0 Å². The highest BCUT2D eigenvalue weighted by atomic mass is 79.9. The van der Waals surface area contributed by atoms with E-state index in [0.29, 0.717) is 18.4 Å². The second kappa shape index (κ2) is 7.61. The maximum Gasteiger partial charge on any atom is 0.162 e. The van der Waals surface area contributed by atoms with Crippen LogP contribution < -0.4 is 5.32 Å². The van der Waals surface area contributed by atoms with E-state index in [2.05, 4.69) is 26.2 Å². The van der Waals surface area contributed by atoms with Crippen molar-refractivity contribution in [3.63, 3.8) is 0 Å². The van der Waals surface area contributed by atoms with Crippen molar-refractivity contribution in [2.75, 3.05) is 6.54 Å². The standard InChI is InChI=1S/C16H17BrF2N2/c1-2-21-14(7-11-6-13(17)10-20-9-11)8-12-4-3-5-15(18)16(12)19/h3-6,9-10,14,21H,2,7-8H2,1H3. The number of nitrogens with one attached hydrogen (secondary N) is 1. The summed E-state index contributed by atoms with van der Waals surface area (Å²) in [6.45, 7) is 2.76. The highest BCUT2D eigenvalue weighted by molar-refractivity contribution is 9.10. The average Bonchev–Trinajstić information content (AvgIpc) is 2.44. The highest BCUT2D eigenvalue weighted by Gasteiger charge is 2.14. The number of hydrogen-bond acceptors (Lipinski definition) is 2. The van der Waals surface area contributed by atoms with Gasteiger partial charge in [0.05, 0.1) is 0 Å². The minimum absolute atomic E-state index is 0.0300. The van der Waals surface area contributed by atoms with Crippen LogP contribution in [0.2, 0.25) is 0 Å². The fourth-order valence-corrected chi connectivity index (χ4v) is 2.74. The van der Waals surface area contributed by atoms with Gasteiger partial charge in [0, 0.05) is 22.9 Å². The molecule has 1 atom stereocenters. The number of halogens is 3. The SMILES string of the molecule is CCNC(Cc1cncc(Br)c1)Cc1cccc(F)c1F. The quantitative estimate of drug-likeness (QED) is 0.851. The molecule has 0 fully saturated rings. The van der Waals surface area contributed by atoms with Crippen molar-refractivity contribution in [1.29, 1.82) is 0 Å². The third-order valence-corrected chi connectivity index (χ3v) is 3.67. The van der Waals surface area contributed by atoms with E-state index in [1.807, 2.05) is 13.0 Å². The maximum absolute atomic E-state index is 13.8. The Hall–Kier alpha value is -1.33. The summed E-state index contributed by atoms with van der Waals surface area (Å²) in [7, 11) is 0. The fraction of sp³-hybridized carbons (Fsp3) is 0.312. The van der Waals surface area contributed by atoms with Crippen LogP contribution in [0.4, 0.5) is 8.78 Å². The third-order valence-electron chi connectivity index (χ3n) is 3.23. The summed E-state index contributed by atoms with van der Waals surface area (Å²) < 4.78 is 28.0. The van der Waals surface area contributed by atoms with Crippen molar-refractivity contribution in [3.8, 4) is 0 Å². The number of pyridine rings is 1. The Morgan fingerprint density at radius 1 is 1.24 bits per heavy atom.